The van der Waals surface area contributed by atoms with Gasteiger partial charge in [0, 0.05) is 26.2 Å². The summed E-state index contributed by atoms with van der Waals surface area (Å²) < 4.78 is 4.95. The molecular weight excluding hydrogens is 338 g/mol. The zero-order valence-electron chi connectivity index (χ0n) is 16.3. The Hall–Kier alpha value is -3.14. The molecule has 2 aromatic rings. The molecule has 27 heavy (non-hydrogen) atoms. The van der Waals surface area contributed by atoms with E-state index >= 15 is 0 Å². The van der Waals surface area contributed by atoms with E-state index in [0.717, 1.165) is 11.1 Å². The van der Waals surface area contributed by atoms with E-state index < -0.39 is 0 Å². The second kappa shape index (κ2) is 12.3. The molecule has 0 saturated carbocycles. The highest BCUT2D eigenvalue weighted by molar-refractivity contribution is 5.91. The summed E-state index contributed by atoms with van der Waals surface area (Å²) in [5.74, 6) is -0.298. The largest absolute Gasteiger partial charge is 0.460 e. The first kappa shape index (κ1) is 21.9. The van der Waals surface area contributed by atoms with Gasteiger partial charge in [-0.1, -0.05) is 60.7 Å². The van der Waals surface area contributed by atoms with Gasteiger partial charge in [0.25, 0.3) is 0 Å². The lowest BCUT2D eigenvalue weighted by Gasteiger charge is -2.04. The van der Waals surface area contributed by atoms with Crippen molar-refractivity contribution in [3.63, 3.8) is 0 Å². The Bertz CT molecular complexity index is 748. The number of nitrogens with zero attached hydrogens (tertiary/aromatic N) is 1. The standard InChI is InChI=1S/C12H14O2.C11H13NO/c1-10(2)14-12(13)9-8-11-6-4-3-5-7-11;1-12(2)11(13)9-8-10-6-4-3-5-7-10/h3-10H,1-2H3;3-9H,1-2H3/b9-8+;. The Morgan fingerprint density at radius 3 is 1.67 bits per heavy atom. The van der Waals surface area contributed by atoms with Crippen LogP contribution in [0.3, 0.4) is 0 Å². The highest BCUT2D eigenvalue weighted by Gasteiger charge is 1.99. The van der Waals surface area contributed by atoms with Crippen molar-refractivity contribution in [2.24, 2.45) is 0 Å². The molecule has 0 radical (unpaired) electrons. The third kappa shape index (κ3) is 10.4. The van der Waals surface area contributed by atoms with E-state index in [0.29, 0.717) is 0 Å². The summed E-state index contributed by atoms with van der Waals surface area (Å²) in [7, 11) is 3.47. The van der Waals surface area contributed by atoms with Crippen LogP contribution < -0.4 is 0 Å². The summed E-state index contributed by atoms with van der Waals surface area (Å²) in [5.41, 5.74) is 2.03. The van der Waals surface area contributed by atoms with E-state index in [4.69, 9.17) is 4.74 Å². The lowest BCUT2D eigenvalue weighted by molar-refractivity contribution is -0.141. The van der Waals surface area contributed by atoms with Crippen molar-refractivity contribution < 1.29 is 14.3 Å². The summed E-state index contributed by atoms with van der Waals surface area (Å²) in [5, 5.41) is 0. The van der Waals surface area contributed by atoms with Crippen molar-refractivity contribution in [3.05, 3.63) is 83.9 Å². The van der Waals surface area contributed by atoms with Crippen LogP contribution in [0.15, 0.2) is 72.8 Å². The molecule has 1 amide bonds. The van der Waals surface area contributed by atoms with Crippen LogP contribution in [0, 0.1) is 0 Å². The Balaban J connectivity index is 0.000000271. The molecule has 4 heteroatoms. The Morgan fingerprint density at radius 1 is 0.815 bits per heavy atom. The van der Waals surface area contributed by atoms with Crippen LogP contribution in [0.2, 0.25) is 0 Å². The van der Waals surface area contributed by atoms with Gasteiger partial charge in [-0.3, -0.25) is 4.79 Å². The van der Waals surface area contributed by atoms with Crippen LogP contribution in [-0.2, 0) is 14.3 Å². The smallest absolute Gasteiger partial charge is 0.331 e. The van der Waals surface area contributed by atoms with Crippen molar-refractivity contribution in [2.45, 2.75) is 20.0 Å². The fourth-order valence-corrected chi connectivity index (χ4v) is 1.88. The number of benzene rings is 2. The van der Waals surface area contributed by atoms with Gasteiger partial charge in [0.2, 0.25) is 5.91 Å². The molecule has 0 atom stereocenters. The maximum absolute atomic E-state index is 11.2. The number of hydrogen-bond donors (Lipinski definition) is 0. The van der Waals surface area contributed by atoms with Gasteiger partial charge in [-0.15, -0.1) is 0 Å². The molecule has 2 aromatic carbocycles. The highest BCUT2D eigenvalue weighted by Crippen LogP contribution is 2.02. The summed E-state index contributed by atoms with van der Waals surface area (Å²) in [6.07, 6.45) is 6.49. The first-order valence-corrected chi connectivity index (χ1v) is 8.76. The summed E-state index contributed by atoms with van der Waals surface area (Å²) >= 11 is 0. The fourth-order valence-electron chi connectivity index (χ4n) is 1.88. The Morgan fingerprint density at radius 2 is 1.26 bits per heavy atom. The molecule has 0 N–H and O–H groups in total. The normalized spacial score (nSPS) is 10.6. The van der Waals surface area contributed by atoms with Crippen LogP contribution in [0.25, 0.3) is 12.2 Å². The van der Waals surface area contributed by atoms with Gasteiger partial charge in [0.15, 0.2) is 0 Å². The van der Waals surface area contributed by atoms with Crippen LogP contribution in [0.1, 0.15) is 25.0 Å². The minimum absolute atomic E-state index is 0.00357. The van der Waals surface area contributed by atoms with Gasteiger partial charge in [-0.25, -0.2) is 4.79 Å². The number of rotatable bonds is 5. The molecule has 0 bridgehead atoms. The first-order valence-electron chi connectivity index (χ1n) is 8.76. The third-order valence-electron chi connectivity index (χ3n) is 3.22. The van der Waals surface area contributed by atoms with Crippen LogP contribution in [0.4, 0.5) is 0 Å². The predicted octanol–water partition coefficient (Wildman–Crippen LogP) is 4.44. The topological polar surface area (TPSA) is 46.6 Å². The first-order chi connectivity index (χ1) is 12.9. The molecule has 0 aliphatic rings. The quantitative estimate of drug-likeness (QED) is 0.581. The number of ether oxygens (including phenoxy) is 1. The molecule has 2 rings (SSSR count). The zero-order chi connectivity index (χ0) is 20.1. The van der Waals surface area contributed by atoms with Crippen LogP contribution in [0.5, 0.6) is 0 Å². The minimum atomic E-state index is -0.302. The van der Waals surface area contributed by atoms with Gasteiger partial charge < -0.3 is 9.64 Å². The van der Waals surface area contributed by atoms with Gasteiger partial charge >= 0.3 is 5.97 Å². The van der Waals surface area contributed by atoms with E-state index in [1.807, 2.05) is 80.6 Å². The van der Waals surface area contributed by atoms with Gasteiger partial charge in [-0.05, 0) is 37.1 Å². The number of esters is 1. The SMILES string of the molecule is CC(C)OC(=O)/C=C/c1ccccc1.CN(C)C(=O)C=Cc1ccccc1. The van der Waals surface area contributed by atoms with Gasteiger partial charge in [-0.2, -0.15) is 0 Å². The van der Waals surface area contributed by atoms with Crippen molar-refractivity contribution in [1.82, 2.24) is 4.90 Å². The van der Waals surface area contributed by atoms with E-state index in [9.17, 15) is 9.59 Å². The molecule has 0 aromatic heterocycles. The maximum Gasteiger partial charge on any atom is 0.331 e. The molecule has 142 valence electrons. The number of hydrogen-bond acceptors (Lipinski definition) is 3. The molecule has 4 nitrogen and oxygen atoms in total. The van der Waals surface area contributed by atoms with E-state index in [1.165, 1.54) is 6.08 Å². The van der Waals surface area contributed by atoms with Crippen LogP contribution in [-0.4, -0.2) is 37.0 Å². The van der Waals surface area contributed by atoms with E-state index in [1.54, 1.807) is 31.1 Å². The second-order valence-electron chi connectivity index (χ2n) is 6.21. The molecule has 0 fully saturated rings. The molecule has 0 aliphatic heterocycles. The molecule has 0 heterocycles. The number of likely N-dealkylation sites (N-methyl/N-ethyl adjacent to an activating group) is 1. The second-order valence-corrected chi connectivity index (χ2v) is 6.21. The summed E-state index contributed by atoms with van der Waals surface area (Å²) in [6, 6.07) is 19.4. The van der Waals surface area contributed by atoms with Gasteiger partial charge in [0.1, 0.15) is 0 Å². The zero-order valence-corrected chi connectivity index (χ0v) is 16.3. The van der Waals surface area contributed by atoms with E-state index in [-0.39, 0.29) is 18.0 Å². The lowest BCUT2D eigenvalue weighted by atomic mass is 10.2. The number of carbonyl (C=O) groups excluding carboxylic acids is 2. The lowest BCUT2D eigenvalue weighted by Crippen LogP contribution is -2.18. The average Bonchev–Trinajstić information content (AvgIpc) is 2.66. The Labute approximate surface area is 161 Å². The van der Waals surface area contributed by atoms with Crippen molar-refractivity contribution in [1.29, 1.82) is 0 Å². The minimum Gasteiger partial charge on any atom is -0.460 e. The fraction of sp³-hybridized carbons (Fsp3) is 0.217. The van der Waals surface area contributed by atoms with Crippen LogP contribution >= 0.6 is 0 Å². The number of carbonyl (C=O) groups is 2. The molecule has 0 spiro atoms. The molecule has 0 unspecified atom stereocenters. The van der Waals surface area contributed by atoms with Gasteiger partial charge in [0.05, 0.1) is 6.10 Å². The van der Waals surface area contributed by atoms with Crippen molar-refractivity contribution in [2.75, 3.05) is 14.1 Å². The van der Waals surface area contributed by atoms with Crippen molar-refractivity contribution >= 4 is 24.0 Å². The molecule has 0 aliphatic carbocycles. The summed E-state index contributed by atoms with van der Waals surface area (Å²) in [6.45, 7) is 3.66. The number of amides is 1. The monoisotopic (exact) mass is 365 g/mol. The summed E-state index contributed by atoms with van der Waals surface area (Å²) in [4.78, 5) is 23.8. The Kier molecular flexibility index (Phi) is 9.94. The van der Waals surface area contributed by atoms with E-state index in [2.05, 4.69) is 0 Å². The third-order valence-corrected chi connectivity index (χ3v) is 3.22. The van der Waals surface area contributed by atoms with Crippen molar-refractivity contribution in [3.8, 4) is 0 Å². The molecular formula is C23H27NO3. The maximum atomic E-state index is 11.2. The average molecular weight is 365 g/mol. The molecule has 0 saturated heterocycles. The predicted molar refractivity (Wildman–Crippen MR) is 111 cm³/mol. The highest BCUT2D eigenvalue weighted by atomic mass is 16.5.